The third-order valence-corrected chi connectivity index (χ3v) is 2.54. The number of halogens is 1. The van der Waals surface area contributed by atoms with Gasteiger partial charge >= 0.3 is 0 Å². The fraction of sp³-hybridized carbons (Fsp3) is 0.364. The molecule has 1 aliphatic rings. The number of aliphatic hydroxyl groups is 1. The highest BCUT2D eigenvalue weighted by Crippen LogP contribution is 2.21. The molecular formula is C11H12FNO2. The molecule has 1 amide bonds. The maximum Gasteiger partial charge on any atom is 0.229 e. The summed E-state index contributed by atoms with van der Waals surface area (Å²) in [6.07, 6.45) is 0.190. The molecule has 1 atom stereocenters. The number of carbonyl (C=O) groups excluding carboxylic acids is 1. The molecule has 15 heavy (non-hydrogen) atoms. The van der Waals surface area contributed by atoms with Gasteiger partial charge in [0.1, 0.15) is 5.82 Å². The summed E-state index contributed by atoms with van der Waals surface area (Å²) in [5.74, 6) is -0.427. The highest BCUT2D eigenvalue weighted by molar-refractivity contribution is 5.94. The molecule has 1 aromatic rings. The zero-order chi connectivity index (χ0) is 10.8. The molecule has 0 saturated carbocycles. The van der Waals surface area contributed by atoms with Crippen LogP contribution in [-0.4, -0.2) is 23.7 Å². The number of hydrogen-bond acceptors (Lipinski definition) is 2. The molecule has 1 N–H and O–H groups in total. The van der Waals surface area contributed by atoms with E-state index in [4.69, 9.17) is 0 Å². The van der Waals surface area contributed by atoms with E-state index in [1.165, 1.54) is 12.1 Å². The van der Waals surface area contributed by atoms with Gasteiger partial charge in [0, 0.05) is 12.2 Å². The van der Waals surface area contributed by atoms with E-state index in [1.807, 2.05) is 0 Å². The van der Waals surface area contributed by atoms with Crippen LogP contribution in [0.25, 0.3) is 0 Å². The smallest absolute Gasteiger partial charge is 0.229 e. The zero-order valence-electron chi connectivity index (χ0n) is 8.19. The lowest BCUT2D eigenvalue weighted by molar-refractivity contribution is -0.122. The van der Waals surface area contributed by atoms with Crippen molar-refractivity contribution in [1.29, 1.82) is 0 Å². The third kappa shape index (κ3) is 2.15. The highest BCUT2D eigenvalue weighted by atomic mass is 19.1. The summed E-state index contributed by atoms with van der Waals surface area (Å²) in [7, 11) is 0. The van der Waals surface area contributed by atoms with Crippen molar-refractivity contribution < 1.29 is 14.3 Å². The molecule has 1 aromatic carbocycles. The van der Waals surface area contributed by atoms with Crippen LogP contribution >= 0.6 is 0 Å². The molecule has 1 heterocycles. The minimum absolute atomic E-state index is 0.111. The number of anilines is 1. The Morgan fingerprint density at radius 2 is 2.00 bits per heavy atom. The van der Waals surface area contributed by atoms with Gasteiger partial charge in [0.05, 0.1) is 12.5 Å². The van der Waals surface area contributed by atoms with Gasteiger partial charge in [-0.15, -0.1) is 0 Å². The first-order valence-corrected chi connectivity index (χ1v) is 4.91. The lowest BCUT2D eigenvalue weighted by atomic mass is 10.1. The van der Waals surface area contributed by atoms with Crippen LogP contribution in [0.5, 0.6) is 0 Å². The first-order chi connectivity index (χ1) is 7.16. The second-order valence-corrected chi connectivity index (χ2v) is 3.67. The van der Waals surface area contributed by atoms with E-state index in [9.17, 15) is 14.3 Å². The fourth-order valence-corrected chi connectivity index (χ4v) is 1.71. The van der Waals surface area contributed by atoms with Crippen LogP contribution in [-0.2, 0) is 4.79 Å². The van der Waals surface area contributed by atoms with Crippen molar-refractivity contribution >= 4 is 11.6 Å². The number of aliphatic hydroxyl groups excluding tert-OH is 1. The lowest BCUT2D eigenvalue weighted by Crippen LogP contribution is -2.40. The van der Waals surface area contributed by atoms with Gasteiger partial charge in [-0.1, -0.05) is 0 Å². The molecule has 4 heteroatoms. The van der Waals surface area contributed by atoms with Crippen LogP contribution in [0.3, 0.4) is 0 Å². The van der Waals surface area contributed by atoms with Crippen molar-refractivity contribution in [2.75, 3.05) is 11.4 Å². The topological polar surface area (TPSA) is 40.5 Å². The summed E-state index contributed by atoms with van der Waals surface area (Å²) < 4.78 is 12.7. The summed E-state index contributed by atoms with van der Waals surface area (Å²) in [6, 6.07) is 5.80. The predicted molar refractivity (Wildman–Crippen MR) is 54.0 cm³/mol. The average molecular weight is 209 g/mol. The second-order valence-electron chi connectivity index (χ2n) is 3.67. The van der Waals surface area contributed by atoms with Gasteiger partial charge in [-0.25, -0.2) is 4.39 Å². The van der Waals surface area contributed by atoms with E-state index in [-0.39, 0.29) is 18.1 Å². The predicted octanol–water partition coefficient (Wildman–Crippen LogP) is 1.31. The van der Waals surface area contributed by atoms with Gasteiger partial charge in [-0.2, -0.15) is 0 Å². The van der Waals surface area contributed by atoms with Gasteiger partial charge in [0.2, 0.25) is 5.91 Å². The van der Waals surface area contributed by atoms with Crippen LogP contribution in [0.4, 0.5) is 10.1 Å². The number of benzene rings is 1. The number of piperidine rings is 1. The van der Waals surface area contributed by atoms with Crippen molar-refractivity contribution in [2.24, 2.45) is 0 Å². The van der Waals surface area contributed by atoms with E-state index in [2.05, 4.69) is 0 Å². The van der Waals surface area contributed by atoms with Crippen LogP contribution in [0.2, 0.25) is 0 Å². The van der Waals surface area contributed by atoms with Crippen molar-refractivity contribution in [1.82, 2.24) is 0 Å². The molecule has 1 fully saturated rings. The first-order valence-electron chi connectivity index (χ1n) is 4.91. The van der Waals surface area contributed by atoms with Crippen LogP contribution < -0.4 is 4.90 Å². The Bertz CT molecular complexity index is 363. The van der Waals surface area contributed by atoms with Crippen LogP contribution in [0, 0.1) is 5.82 Å². The van der Waals surface area contributed by atoms with Crippen molar-refractivity contribution in [2.45, 2.75) is 18.9 Å². The Morgan fingerprint density at radius 1 is 1.33 bits per heavy atom. The molecule has 0 bridgehead atoms. The summed E-state index contributed by atoms with van der Waals surface area (Å²) in [5.41, 5.74) is 0.688. The van der Waals surface area contributed by atoms with E-state index in [0.29, 0.717) is 18.7 Å². The van der Waals surface area contributed by atoms with Gasteiger partial charge in [-0.05, 0) is 30.7 Å². The summed E-state index contributed by atoms with van der Waals surface area (Å²) in [6.45, 7) is 0.492. The molecule has 0 radical (unpaired) electrons. The molecular weight excluding hydrogens is 197 g/mol. The van der Waals surface area contributed by atoms with E-state index in [1.54, 1.807) is 17.0 Å². The maximum absolute atomic E-state index is 12.7. The van der Waals surface area contributed by atoms with Gasteiger partial charge in [-0.3, -0.25) is 4.79 Å². The molecule has 0 spiro atoms. The van der Waals surface area contributed by atoms with E-state index < -0.39 is 6.10 Å². The van der Waals surface area contributed by atoms with E-state index in [0.717, 1.165) is 0 Å². The van der Waals surface area contributed by atoms with Gasteiger partial charge < -0.3 is 10.0 Å². The normalized spacial score (nSPS) is 21.9. The Labute approximate surface area is 87.1 Å². The lowest BCUT2D eigenvalue weighted by Gasteiger charge is -2.29. The van der Waals surface area contributed by atoms with Crippen LogP contribution in [0.15, 0.2) is 24.3 Å². The number of hydrogen-bond donors (Lipinski definition) is 1. The standard InChI is InChI=1S/C11H12FNO2/c12-8-1-3-9(4-2-8)13-6-5-10(14)7-11(13)15/h1-4,10,14H,5-7H2. The van der Waals surface area contributed by atoms with Gasteiger partial charge in [0.25, 0.3) is 0 Å². The average Bonchev–Trinajstić information content (AvgIpc) is 2.20. The number of rotatable bonds is 1. The minimum atomic E-state index is -0.533. The summed E-state index contributed by atoms with van der Waals surface area (Å²) in [5, 5.41) is 9.28. The Hall–Kier alpha value is -1.42. The van der Waals surface area contributed by atoms with Crippen LogP contribution in [0.1, 0.15) is 12.8 Å². The van der Waals surface area contributed by atoms with Crippen molar-refractivity contribution in [3.05, 3.63) is 30.1 Å². The largest absolute Gasteiger partial charge is 0.393 e. The summed E-state index contributed by atoms with van der Waals surface area (Å²) in [4.78, 5) is 13.1. The number of amides is 1. The van der Waals surface area contributed by atoms with E-state index >= 15 is 0 Å². The zero-order valence-corrected chi connectivity index (χ0v) is 8.19. The third-order valence-electron chi connectivity index (χ3n) is 2.54. The monoisotopic (exact) mass is 209 g/mol. The molecule has 2 rings (SSSR count). The first kappa shape index (κ1) is 10.1. The molecule has 3 nitrogen and oxygen atoms in total. The Morgan fingerprint density at radius 3 is 2.60 bits per heavy atom. The Kier molecular flexibility index (Phi) is 2.68. The molecule has 80 valence electrons. The fourth-order valence-electron chi connectivity index (χ4n) is 1.71. The number of carbonyl (C=O) groups is 1. The maximum atomic E-state index is 12.7. The number of nitrogens with zero attached hydrogens (tertiary/aromatic N) is 1. The molecule has 0 aromatic heterocycles. The molecule has 1 saturated heterocycles. The Balaban J connectivity index is 2.17. The van der Waals surface area contributed by atoms with Gasteiger partial charge in [0.15, 0.2) is 0 Å². The molecule has 1 unspecified atom stereocenters. The minimum Gasteiger partial charge on any atom is -0.393 e. The SMILES string of the molecule is O=C1CC(O)CCN1c1ccc(F)cc1. The molecule has 0 aliphatic carbocycles. The van der Waals surface area contributed by atoms with Crippen molar-refractivity contribution in [3.8, 4) is 0 Å². The summed E-state index contributed by atoms with van der Waals surface area (Å²) >= 11 is 0. The highest BCUT2D eigenvalue weighted by Gasteiger charge is 2.25. The van der Waals surface area contributed by atoms with Crippen molar-refractivity contribution in [3.63, 3.8) is 0 Å². The molecule has 1 aliphatic heterocycles. The second kappa shape index (κ2) is 3.98. The quantitative estimate of drug-likeness (QED) is 0.757.